The van der Waals surface area contributed by atoms with Crippen LogP contribution in [0.25, 0.3) is 11.0 Å². The van der Waals surface area contributed by atoms with Gasteiger partial charge in [-0.25, -0.2) is 9.78 Å². The molecule has 15 heavy (non-hydrogen) atoms. The van der Waals surface area contributed by atoms with Crippen molar-refractivity contribution in [1.29, 1.82) is 0 Å². The van der Waals surface area contributed by atoms with Gasteiger partial charge in [-0.05, 0) is 18.6 Å². The Labute approximate surface area is 87.4 Å². The molecule has 0 aliphatic rings. The molecule has 0 N–H and O–H groups in total. The van der Waals surface area contributed by atoms with Gasteiger partial charge in [-0.2, -0.15) is 4.73 Å². The molecule has 4 heteroatoms. The molecule has 0 saturated carbocycles. The minimum absolute atomic E-state index is 0.236. The number of benzene rings is 1. The molecule has 78 valence electrons. The zero-order valence-electron chi connectivity index (χ0n) is 8.51. The standard InChI is InChI=1S/C11H12N2O2/c1-2-5-11(14)15-13-8-12-9-6-3-4-7-10(9)13/h3-4,6-8H,2,5H2,1H3. The first-order chi connectivity index (χ1) is 7.31. The first-order valence-electron chi connectivity index (χ1n) is 4.94. The van der Waals surface area contributed by atoms with Gasteiger partial charge in [-0.3, -0.25) is 0 Å². The molecule has 1 aromatic heterocycles. The van der Waals surface area contributed by atoms with E-state index in [-0.39, 0.29) is 5.97 Å². The number of para-hydroxylation sites is 2. The van der Waals surface area contributed by atoms with Gasteiger partial charge in [-0.1, -0.05) is 19.1 Å². The van der Waals surface area contributed by atoms with Gasteiger partial charge in [0.1, 0.15) is 11.8 Å². The van der Waals surface area contributed by atoms with E-state index in [1.165, 1.54) is 11.1 Å². The molecular formula is C11H12N2O2. The number of aromatic nitrogens is 2. The van der Waals surface area contributed by atoms with Crippen molar-refractivity contribution in [3.63, 3.8) is 0 Å². The van der Waals surface area contributed by atoms with Crippen LogP contribution in [0.4, 0.5) is 0 Å². The number of hydrogen-bond donors (Lipinski definition) is 0. The fourth-order valence-electron chi connectivity index (χ4n) is 1.37. The minimum atomic E-state index is -0.236. The number of rotatable bonds is 3. The van der Waals surface area contributed by atoms with Crippen LogP contribution in [-0.4, -0.2) is 15.7 Å². The Morgan fingerprint density at radius 3 is 3.07 bits per heavy atom. The molecule has 2 aromatic rings. The normalized spacial score (nSPS) is 10.5. The molecule has 0 aliphatic heterocycles. The molecule has 4 nitrogen and oxygen atoms in total. The molecule has 0 radical (unpaired) electrons. The largest absolute Gasteiger partial charge is 0.335 e. The summed E-state index contributed by atoms with van der Waals surface area (Å²) in [7, 11) is 0. The van der Waals surface area contributed by atoms with Gasteiger partial charge in [0.15, 0.2) is 0 Å². The van der Waals surface area contributed by atoms with Crippen molar-refractivity contribution in [3.8, 4) is 0 Å². The monoisotopic (exact) mass is 204 g/mol. The molecule has 1 aromatic carbocycles. The van der Waals surface area contributed by atoms with Crippen LogP contribution in [-0.2, 0) is 4.79 Å². The van der Waals surface area contributed by atoms with Gasteiger partial charge in [0, 0.05) is 6.42 Å². The molecule has 0 amide bonds. The van der Waals surface area contributed by atoms with Crippen LogP contribution in [0, 0.1) is 0 Å². The summed E-state index contributed by atoms with van der Waals surface area (Å²) in [6.45, 7) is 1.94. The van der Waals surface area contributed by atoms with Crippen LogP contribution in [0.2, 0.25) is 0 Å². The molecule has 0 aliphatic carbocycles. The lowest BCUT2D eigenvalue weighted by Gasteiger charge is -2.03. The lowest BCUT2D eigenvalue weighted by atomic mass is 10.3. The van der Waals surface area contributed by atoms with Crippen molar-refractivity contribution in [3.05, 3.63) is 30.6 Å². The fourth-order valence-corrected chi connectivity index (χ4v) is 1.37. The Bertz CT molecular complexity index is 476. The zero-order chi connectivity index (χ0) is 10.7. The number of imidazole rings is 1. The summed E-state index contributed by atoms with van der Waals surface area (Å²) in [5.41, 5.74) is 1.63. The van der Waals surface area contributed by atoms with Crippen LogP contribution < -0.4 is 4.84 Å². The lowest BCUT2D eigenvalue weighted by Crippen LogP contribution is -2.18. The van der Waals surface area contributed by atoms with E-state index in [4.69, 9.17) is 4.84 Å². The summed E-state index contributed by atoms with van der Waals surface area (Å²) in [6.07, 6.45) is 2.72. The molecule has 0 spiro atoms. The van der Waals surface area contributed by atoms with Gasteiger partial charge < -0.3 is 4.84 Å². The van der Waals surface area contributed by atoms with Crippen LogP contribution >= 0.6 is 0 Å². The predicted molar refractivity (Wildman–Crippen MR) is 56.2 cm³/mol. The van der Waals surface area contributed by atoms with Crippen LogP contribution in [0.1, 0.15) is 19.8 Å². The maximum Gasteiger partial charge on any atom is 0.332 e. The molecule has 0 fully saturated rings. The highest BCUT2D eigenvalue weighted by Crippen LogP contribution is 2.10. The SMILES string of the molecule is CCCC(=O)On1cnc2ccccc21. The van der Waals surface area contributed by atoms with Gasteiger partial charge in [0.25, 0.3) is 0 Å². The van der Waals surface area contributed by atoms with Crippen molar-refractivity contribution in [1.82, 2.24) is 9.71 Å². The molecule has 2 rings (SSSR count). The second kappa shape index (κ2) is 4.13. The summed E-state index contributed by atoms with van der Waals surface area (Å²) in [5, 5.41) is 0. The molecule has 0 unspecified atom stereocenters. The molecule has 1 heterocycles. The summed E-state index contributed by atoms with van der Waals surface area (Å²) >= 11 is 0. The van der Waals surface area contributed by atoms with Crippen molar-refractivity contribution in [2.45, 2.75) is 19.8 Å². The predicted octanol–water partition coefficient (Wildman–Crippen LogP) is 1.79. The second-order valence-electron chi connectivity index (χ2n) is 3.27. The van der Waals surface area contributed by atoms with Crippen molar-refractivity contribution < 1.29 is 9.63 Å². The highest BCUT2D eigenvalue weighted by Gasteiger charge is 2.06. The van der Waals surface area contributed by atoms with Gasteiger partial charge in [0.05, 0.1) is 5.52 Å². The van der Waals surface area contributed by atoms with E-state index < -0.39 is 0 Å². The smallest absolute Gasteiger partial charge is 0.332 e. The fraction of sp³-hybridized carbons (Fsp3) is 0.273. The second-order valence-corrected chi connectivity index (χ2v) is 3.27. The van der Waals surface area contributed by atoms with Crippen LogP contribution in [0.15, 0.2) is 30.6 Å². The third kappa shape index (κ3) is 1.98. The Kier molecular flexibility index (Phi) is 2.67. The number of fused-ring (bicyclic) bond motifs is 1. The van der Waals surface area contributed by atoms with E-state index >= 15 is 0 Å². The summed E-state index contributed by atoms with van der Waals surface area (Å²) in [5.74, 6) is -0.236. The third-order valence-electron chi connectivity index (χ3n) is 2.08. The highest BCUT2D eigenvalue weighted by atomic mass is 16.7. The molecule has 0 saturated heterocycles. The molecular weight excluding hydrogens is 192 g/mol. The summed E-state index contributed by atoms with van der Waals surface area (Å²) in [4.78, 5) is 20.5. The Hall–Kier alpha value is -1.84. The average Bonchev–Trinajstić information content (AvgIpc) is 2.62. The van der Waals surface area contributed by atoms with E-state index in [0.29, 0.717) is 6.42 Å². The van der Waals surface area contributed by atoms with Crippen LogP contribution in [0.5, 0.6) is 0 Å². The Morgan fingerprint density at radius 1 is 1.47 bits per heavy atom. The van der Waals surface area contributed by atoms with Gasteiger partial charge in [0.2, 0.25) is 0 Å². The number of hydrogen-bond acceptors (Lipinski definition) is 3. The summed E-state index contributed by atoms with van der Waals surface area (Å²) < 4.78 is 1.41. The van der Waals surface area contributed by atoms with Crippen molar-refractivity contribution in [2.24, 2.45) is 0 Å². The van der Waals surface area contributed by atoms with Crippen molar-refractivity contribution in [2.75, 3.05) is 0 Å². The Balaban J connectivity index is 2.25. The minimum Gasteiger partial charge on any atom is -0.335 e. The van der Waals surface area contributed by atoms with Crippen molar-refractivity contribution >= 4 is 17.0 Å². The molecule has 0 bridgehead atoms. The third-order valence-corrected chi connectivity index (χ3v) is 2.08. The maximum atomic E-state index is 11.3. The number of carbonyl (C=O) groups excluding carboxylic acids is 1. The highest BCUT2D eigenvalue weighted by molar-refractivity contribution is 5.76. The first kappa shape index (κ1) is 9.71. The quantitative estimate of drug-likeness (QED) is 0.765. The zero-order valence-corrected chi connectivity index (χ0v) is 8.51. The van der Waals surface area contributed by atoms with E-state index in [1.807, 2.05) is 31.2 Å². The maximum absolute atomic E-state index is 11.3. The first-order valence-corrected chi connectivity index (χ1v) is 4.94. The Morgan fingerprint density at radius 2 is 2.27 bits per heavy atom. The van der Waals surface area contributed by atoms with E-state index in [1.54, 1.807) is 0 Å². The van der Waals surface area contributed by atoms with E-state index in [9.17, 15) is 4.79 Å². The average molecular weight is 204 g/mol. The van der Waals surface area contributed by atoms with Gasteiger partial charge in [-0.15, -0.1) is 0 Å². The number of carbonyl (C=O) groups is 1. The van der Waals surface area contributed by atoms with E-state index in [0.717, 1.165) is 17.5 Å². The van der Waals surface area contributed by atoms with Crippen LogP contribution in [0.3, 0.4) is 0 Å². The number of nitrogens with zero attached hydrogens (tertiary/aromatic N) is 2. The lowest BCUT2D eigenvalue weighted by molar-refractivity contribution is -0.143. The topological polar surface area (TPSA) is 44.1 Å². The van der Waals surface area contributed by atoms with Gasteiger partial charge >= 0.3 is 5.97 Å². The molecule has 0 atom stereocenters. The summed E-state index contributed by atoms with van der Waals surface area (Å²) in [6, 6.07) is 7.52. The van der Waals surface area contributed by atoms with E-state index in [2.05, 4.69) is 4.98 Å².